The number of thiophene rings is 1. The van der Waals surface area contributed by atoms with Gasteiger partial charge >= 0.3 is 0 Å². The number of aromatic nitrogens is 4. The van der Waals surface area contributed by atoms with Crippen LogP contribution in [0.3, 0.4) is 0 Å². The monoisotopic (exact) mass is 461 g/mol. The molecule has 0 bridgehead atoms. The molecular weight excluding hydrogens is 446 g/mol. The minimum Gasteiger partial charge on any atom is -0.377 e. The molecule has 0 saturated heterocycles. The van der Waals surface area contributed by atoms with Crippen molar-refractivity contribution in [3.63, 3.8) is 0 Å². The lowest BCUT2D eigenvalue weighted by molar-refractivity contribution is -0.116. The zero-order valence-electron chi connectivity index (χ0n) is 16.0. The van der Waals surface area contributed by atoms with Crippen molar-refractivity contribution in [2.75, 3.05) is 12.4 Å². The van der Waals surface area contributed by atoms with Crippen molar-refractivity contribution >= 4 is 55.5 Å². The van der Waals surface area contributed by atoms with Gasteiger partial charge in [-0.3, -0.25) is 19.5 Å². The molecule has 0 atom stereocenters. The van der Waals surface area contributed by atoms with Gasteiger partial charge in [-0.25, -0.2) is 4.98 Å². The number of anilines is 1. The third-order valence-corrected chi connectivity index (χ3v) is 6.36. The summed E-state index contributed by atoms with van der Waals surface area (Å²) >= 11 is 8.65. The number of hydrogen-bond acceptors (Lipinski definition) is 8. The fraction of sp³-hybridized carbons (Fsp3) is 0.211. The molecule has 1 aromatic carbocycles. The zero-order chi connectivity index (χ0) is 21.3. The summed E-state index contributed by atoms with van der Waals surface area (Å²) < 4.78 is 6.28. The fourth-order valence-corrected chi connectivity index (χ4v) is 4.87. The summed E-state index contributed by atoms with van der Waals surface area (Å²) in [6.45, 7) is 2.08. The molecule has 0 unspecified atom stereocenters. The molecule has 3 aromatic heterocycles. The summed E-state index contributed by atoms with van der Waals surface area (Å²) in [5.74, 6) is -0.390. The molecule has 8 nitrogen and oxygen atoms in total. The van der Waals surface area contributed by atoms with Crippen molar-refractivity contribution in [2.24, 2.45) is 0 Å². The Morgan fingerprint density at radius 3 is 2.73 bits per heavy atom. The molecule has 4 aromatic rings. The predicted octanol–water partition coefficient (Wildman–Crippen LogP) is 3.72. The van der Waals surface area contributed by atoms with E-state index in [0.717, 1.165) is 16.0 Å². The number of rotatable bonds is 6. The SMILES string of the molecule is COCc1nnc(NC(=O)Cn2cnc3sc(C)c(-c4ccc(Cl)cc4)c3c2=O)s1. The molecule has 0 spiro atoms. The molecule has 30 heavy (non-hydrogen) atoms. The van der Waals surface area contributed by atoms with Crippen molar-refractivity contribution in [1.82, 2.24) is 19.7 Å². The normalized spacial score (nSPS) is 11.2. The molecule has 0 fully saturated rings. The Morgan fingerprint density at radius 1 is 1.23 bits per heavy atom. The summed E-state index contributed by atoms with van der Waals surface area (Å²) in [5.41, 5.74) is 1.41. The maximum Gasteiger partial charge on any atom is 0.263 e. The number of nitrogens with zero attached hydrogens (tertiary/aromatic N) is 4. The molecule has 0 saturated carbocycles. The summed E-state index contributed by atoms with van der Waals surface area (Å²) in [6, 6.07) is 7.30. The maximum absolute atomic E-state index is 13.2. The van der Waals surface area contributed by atoms with Gasteiger partial charge in [0.1, 0.15) is 23.0 Å². The quantitative estimate of drug-likeness (QED) is 0.469. The van der Waals surface area contributed by atoms with Crippen LogP contribution in [0, 0.1) is 6.92 Å². The number of aryl methyl sites for hydroxylation is 1. The van der Waals surface area contributed by atoms with Gasteiger partial charge in [-0.15, -0.1) is 21.5 Å². The zero-order valence-corrected chi connectivity index (χ0v) is 18.4. The number of methoxy groups -OCH3 is 1. The van der Waals surface area contributed by atoms with Gasteiger partial charge in [0, 0.05) is 22.6 Å². The van der Waals surface area contributed by atoms with Gasteiger partial charge in [0.05, 0.1) is 11.7 Å². The topological polar surface area (TPSA) is 99.0 Å². The van der Waals surface area contributed by atoms with E-state index in [0.29, 0.717) is 32.0 Å². The minimum absolute atomic E-state index is 0.185. The maximum atomic E-state index is 13.2. The van der Waals surface area contributed by atoms with Crippen LogP contribution in [0.15, 0.2) is 35.4 Å². The largest absolute Gasteiger partial charge is 0.377 e. The van der Waals surface area contributed by atoms with Gasteiger partial charge in [-0.05, 0) is 24.6 Å². The van der Waals surface area contributed by atoms with Crippen molar-refractivity contribution in [1.29, 1.82) is 0 Å². The van der Waals surface area contributed by atoms with E-state index in [-0.39, 0.29) is 12.1 Å². The lowest BCUT2D eigenvalue weighted by Crippen LogP contribution is -2.27. The first-order valence-electron chi connectivity index (χ1n) is 8.82. The molecule has 1 N–H and O–H groups in total. The van der Waals surface area contributed by atoms with Crippen LogP contribution in [0.5, 0.6) is 0 Å². The highest BCUT2D eigenvalue weighted by molar-refractivity contribution is 7.19. The van der Waals surface area contributed by atoms with Crippen LogP contribution in [0.25, 0.3) is 21.3 Å². The fourth-order valence-electron chi connectivity index (χ4n) is 3.01. The Bertz CT molecular complexity index is 1280. The second-order valence-corrected chi connectivity index (χ2v) is 9.08. The smallest absolute Gasteiger partial charge is 0.263 e. The first kappa shape index (κ1) is 20.6. The van der Waals surface area contributed by atoms with Crippen molar-refractivity contribution in [2.45, 2.75) is 20.1 Å². The molecule has 1 amide bonds. The summed E-state index contributed by atoms with van der Waals surface area (Å²) in [4.78, 5) is 31.6. The van der Waals surface area contributed by atoms with Gasteiger partial charge in [-0.1, -0.05) is 35.1 Å². The van der Waals surface area contributed by atoms with E-state index < -0.39 is 5.91 Å². The second kappa shape index (κ2) is 8.60. The van der Waals surface area contributed by atoms with Crippen LogP contribution in [0.4, 0.5) is 5.13 Å². The number of fused-ring (bicyclic) bond motifs is 1. The second-order valence-electron chi connectivity index (χ2n) is 6.38. The Labute approximate surface area is 184 Å². The highest BCUT2D eigenvalue weighted by Crippen LogP contribution is 2.35. The summed E-state index contributed by atoms with van der Waals surface area (Å²) in [5, 5.41) is 12.6. The van der Waals surface area contributed by atoms with E-state index in [1.807, 2.05) is 19.1 Å². The Morgan fingerprint density at radius 2 is 2.00 bits per heavy atom. The highest BCUT2D eigenvalue weighted by atomic mass is 35.5. The van der Waals surface area contributed by atoms with E-state index in [4.69, 9.17) is 16.3 Å². The van der Waals surface area contributed by atoms with Crippen LogP contribution < -0.4 is 10.9 Å². The Hall–Kier alpha value is -2.66. The van der Waals surface area contributed by atoms with E-state index in [9.17, 15) is 9.59 Å². The number of amides is 1. The summed E-state index contributed by atoms with van der Waals surface area (Å²) in [6.07, 6.45) is 1.39. The van der Waals surface area contributed by atoms with Crippen molar-refractivity contribution in [3.05, 3.63) is 55.9 Å². The van der Waals surface area contributed by atoms with E-state index in [2.05, 4.69) is 20.5 Å². The molecule has 154 valence electrons. The van der Waals surface area contributed by atoms with Gasteiger partial charge < -0.3 is 4.74 Å². The summed E-state index contributed by atoms with van der Waals surface area (Å²) in [7, 11) is 1.56. The standard InChI is InChI=1S/C19H16ClN5O3S2/c1-10-15(11-3-5-12(20)6-4-11)16-17(29-10)21-9-25(18(16)27)7-13(26)22-19-24-23-14(30-19)8-28-2/h3-6,9H,7-8H2,1-2H3,(H,22,24,26). The van der Waals surface area contributed by atoms with E-state index >= 15 is 0 Å². The van der Waals surface area contributed by atoms with Crippen molar-refractivity contribution in [3.8, 4) is 11.1 Å². The van der Waals surface area contributed by atoms with Crippen LogP contribution in [0.2, 0.25) is 5.02 Å². The molecule has 0 radical (unpaired) electrons. The average molecular weight is 462 g/mol. The van der Waals surface area contributed by atoms with Crippen molar-refractivity contribution < 1.29 is 9.53 Å². The molecule has 3 heterocycles. The Balaban J connectivity index is 1.64. The first-order chi connectivity index (χ1) is 14.5. The number of halogens is 1. The van der Waals surface area contributed by atoms with Crippen LogP contribution in [-0.2, 0) is 22.7 Å². The van der Waals surface area contributed by atoms with Crippen LogP contribution in [-0.4, -0.2) is 32.8 Å². The third kappa shape index (κ3) is 4.12. The molecule has 11 heteroatoms. The molecule has 4 rings (SSSR count). The lowest BCUT2D eigenvalue weighted by atomic mass is 10.0. The highest BCUT2D eigenvalue weighted by Gasteiger charge is 2.18. The average Bonchev–Trinajstić information content (AvgIpc) is 3.29. The van der Waals surface area contributed by atoms with Crippen LogP contribution >= 0.6 is 34.3 Å². The first-order valence-corrected chi connectivity index (χ1v) is 10.8. The van der Waals surface area contributed by atoms with Gasteiger partial charge in [0.25, 0.3) is 5.56 Å². The molecule has 0 aliphatic heterocycles. The molecule has 0 aliphatic carbocycles. The lowest BCUT2D eigenvalue weighted by Gasteiger charge is -2.06. The van der Waals surface area contributed by atoms with Gasteiger partial charge in [-0.2, -0.15) is 0 Å². The minimum atomic E-state index is -0.390. The Kier molecular flexibility index (Phi) is 5.91. The van der Waals surface area contributed by atoms with Gasteiger partial charge in [0.2, 0.25) is 11.0 Å². The predicted molar refractivity (Wildman–Crippen MR) is 118 cm³/mol. The number of carbonyl (C=O) groups excluding carboxylic acids is 1. The number of ether oxygens (including phenoxy) is 1. The molecule has 0 aliphatic rings. The van der Waals surface area contributed by atoms with E-state index in [1.165, 1.54) is 33.6 Å². The number of carbonyl (C=O) groups is 1. The third-order valence-electron chi connectivity index (χ3n) is 4.28. The van der Waals surface area contributed by atoms with Crippen LogP contribution in [0.1, 0.15) is 9.88 Å². The van der Waals surface area contributed by atoms with Gasteiger partial charge in [0.15, 0.2) is 0 Å². The molecular formula is C19H16ClN5O3S2. The number of hydrogen-bond donors (Lipinski definition) is 1. The number of nitrogens with one attached hydrogen (secondary N) is 1. The number of benzene rings is 1. The van der Waals surface area contributed by atoms with E-state index in [1.54, 1.807) is 19.2 Å².